The van der Waals surface area contributed by atoms with Gasteiger partial charge in [0.05, 0.1) is 11.1 Å². The monoisotopic (exact) mass is 604 g/mol. The van der Waals surface area contributed by atoms with Crippen LogP contribution < -0.4 is 9.80 Å². The molecule has 4 nitrogen and oxygen atoms in total. The first-order chi connectivity index (χ1) is 22.6. The maximum Gasteiger partial charge on any atom is 0.143 e. The van der Waals surface area contributed by atoms with Crippen LogP contribution in [-0.2, 0) is 19.3 Å². The molecule has 0 aromatic heterocycles. The zero-order chi connectivity index (χ0) is 31.9. The Balaban J connectivity index is 0.00000166. The number of nitriles is 2. The zero-order valence-electron chi connectivity index (χ0n) is 25.6. The third-order valence-corrected chi connectivity index (χ3v) is 9.03. The van der Waals surface area contributed by atoms with Crippen molar-refractivity contribution >= 4 is 50.0 Å². The van der Waals surface area contributed by atoms with Crippen LogP contribution in [0.15, 0.2) is 97.1 Å². The molecular formula is C40H30F2N4. The van der Waals surface area contributed by atoms with Gasteiger partial charge >= 0.3 is 0 Å². The summed E-state index contributed by atoms with van der Waals surface area (Å²) >= 11 is 0. The van der Waals surface area contributed by atoms with Crippen LogP contribution in [0.25, 0.3) is 21.5 Å². The molecule has 6 aromatic carbocycles. The molecule has 0 saturated heterocycles. The topological polar surface area (TPSA) is 54.1 Å². The predicted molar refractivity (Wildman–Crippen MR) is 181 cm³/mol. The van der Waals surface area contributed by atoms with E-state index in [9.17, 15) is 10.5 Å². The summed E-state index contributed by atoms with van der Waals surface area (Å²) in [4.78, 5) is 4.23. The Bertz CT molecular complexity index is 2200. The number of aryl methyl sites for hydroxylation is 2. The number of fused-ring (bicyclic) bond motifs is 1. The average molecular weight is 605 g/mol. The Morgan fingerprint density at radius 2 is 1.33 bits per heavy atom. The number of anilines is 5. The molecule has 0 spiro atoms. The minimum absolute atomic E-state index is 0.0637. The van der Waals surface area contributed by atoms with E-state index in [0.29, 0.717) is 11.4 Å². The van der Waals surface area contributed by atoms with Crippen LogP contribution in [-0.4, -0.2) is 6.54 Å². The van der Waals surface area contributed by atoms with Crippen LogP contribution in [0.3, 0.4) is 0 Å². The minimum atomic E-state index is -0.651. The van der Waals surface area contributed by atoms with Crippen LogP contribution >= 0.6 is 0 Å². The summed E-state index contributed by atoms with van der Waals surface area (Å²) in [5.74, 6) is -1.30. The lowest BCUT2D eigenvalue weighted by Gasteiger charge is -2.31. The lowest BCUT2D eigenvalue weighted by atomic mass is 9.84. The molecular weight excluding hydrogens is 574 g/mol. The fraction of sp³-hybridized carbons (Fsp3) is 0.150. The summed E-state index contributed by atoms with van der Waals surface area (Å²) in [6.45, 7) is 4.92. The lowest BCUT2D eigenvalue weighted by molar-refractivity contribution is 0.623. The molecule has 0 radical (unpaired) electrons. The molecule has 0 unspecified atom stereocenters. The van der Waals surface area contributed by atoms with E-state index in [1.54, 1.807) is 12.1 Å². The van der Waals surface area contributed by atoms with E-state index >= 15 is 8.78 Å². The van der Waals surface area contributed by atoms with Crippen molar-refractivity contribution in [3.8, 4) is 12.1 Å². The molecule has 1 heterocycles. The second-order valence-electron chi connectivity index (χ2n) is 11.3. The third-order valence-electron chi connectivity index (χ3n) is 9.03. The third kappa shape index (κ3) is 4.54. The van der Waals surface area contributed by atoms with Crippen LogP contribution in [0.1, 0.15) is 41.7 Å². The van der Waals surface area contributed by atoms with Crippen LogP contribution in [0.5, 0.6) is 0 Å². The Labute approximate surface area is 267 Å². The van der Waals surface area contributed by atoms with Gasteiger partial charge in [-0.1, -0.05) is 56.3 Å². The fourth-order valence-electron chi connectivity index (χ4n) is 7.03. The molecule has 0 fully saturated rings. The number of benzene rings is 6. The van der Waals surface area contributed by atoms with Crippen LogP contribution in [0.4, 0.5) is 37.2 Å². The van der Waals surface area contributed by atoms with Gasteiger partial charge < -0.3 is 9.80 Å². The van der Waals surface area contributed by atoms with Gasteiger partial charge in [-0.3, -0.25) is 0 Å². The van der Waals surface area contributed by atoms with Gasteiger partial charge in [-0.05, 0) is 107 Å². The van der Waals surface area contributed by atoms with Crippen molar-refractivity contribution < 1.29 is 8.78 Å². The Morgan fingerprint density at radius 3 is 2.00 bits per heavy atom. The molecule has 6 heteroatoms. The Morgan fingerprint density at radius 1 is 0.652 bits per heavy atom. The van der Waals surface area contributed by atoms with Gasteiger partial charge in [0.2, 0.25) is 0 Å². The highest BCUT2D eigenvalue weighted by molar-refractivity contribution is 6.17. The van der Waals surface area contributed by atoms with Crippen molar-refractivity contribution in [2.75, 3.05) is 16.3 Å². The highest BCUT2D eigenvalue weighted by Gasteiger charge is 2.27. The first-order valence-corrected chi connectivity index (χ1v) is 15.6. The highest BCUT2D eigenvalue weighted by atomic mass is 19.1. The summed E-state index contributed by atoms with van der Waals surface area (Å²) in [7, 11) is 0. The molecule has 8 rings (SSSR count). The molecule has 1 aliphatic carbocycles. The van der Waals surface area contributed by atoms with E-state index in [4.69, 9.17) is 0 Å². The van der Waals surface area contributed by atoms with Crippen molar-refractivity contribution in [1.82, 2.24) is 0 Å². The van der Waals surface area contributed by atoms with Crippen LogP contribution in [0, 0.1) is 34.3 Å². The Hall–Kier alpha value is -5.72. The zero-order valence-corrected chi connectivity index (χ0v) is 25.6. The molecule has 2 aliphatic rings. The van der Waals surface area contributed by atoms with Gasteiger partial charge in [-0.15, -0.1) is 0 Å². The normalized spacial score (nSPS) is 12.8. The van der Waals surface area contributed by atoms with Crippen molar-refractivity contribution in [3.05, 3.63) is 137 Å². The summed E-state index contributed by atoms with van der Waals surface area (Å²) in [6.07, 6.45) is 2.58. The summed E-state index contributed by atoms with van der Waals surface area (Å²) in [5.41, 5.74) is 7.74. The molecule has 224 valence electrons. The maximum absolute atomic E-state index is 15.0. The number of nitrogens with zero attached hydrogens (tertiary/aromatic N) is 4. The van der Waals surface area contributed by atoms with E-state index in [0.717, 1.165) is 47.8 Å². The summed E-state index contributed by atoms with van der Waals surface area (Å²) < 4.78 is 30.0. The molecule has 0 amide bonds. The van der Waals surface area contributed by atoms with E-state index in [1.165, 1.54) is 57.5 Å². The van der Waals surface area contributed by atoms with E-state index in [2.05, 4.69) is 59.5 Å². The van der Waals surface area contributed by atoms with E-state index in [-0.39, 0.29) is 11.1 Å². The van der Waals surface area contributed by atoms with Crippen molar-refractivity contribution in [2.45, 2.75) is 33.1 Å². The Kier molecular flexibility index (Phi) is 7.35. The van der Waals surface area contributed by atoms with E-state index in [1.807, 2.05) is 37.0 Å². The maximum atomic E-state index is 15.0. The average Bonchev–Trinajstić information content (AvgIpc) is 3.53. The second-order valence-corrected chi connectivity index (χ2v) is 11.3. The molecule has 0 atom stereocenters. The largest absolute Gasteiger partial charge is 0.340 e. The molecule has 46 heavy (non-hydrogen) atoms. The summed E-state index contributed by atoms with van der Waals surface area (Å²) in [6, 6.07) is 34.1. The van der Waals surface area contributed by atoms with Crippen LogP contribution in [0.2, 0.25) is 0 Å². The first-order valence-electron chi connectivity index (χ1n) is 15.6. The minimum Gasteiger partial charge on any atom is -0.340 e. The highest BCUT2D eigenvalue weighted by Crippen LogP contribution is 2.47. The molecule has 1 aliphatic heterocycles. The number of halogens is 2. The van der Waals surface area contributed by atoms with Gasteiger partial charge in [0.25, 0.3) is 0 Å². The van der Waals surface area contributed by atoms with Gasteiger partial charge in [-0.2, -0.15) is 10.5 Å². The number of rotatable bonds is 4. The predicted octanol–water partition coefficient (Wildman–Crippen LogP) is 10.3. The SMILES string of the molecule is CC.N#Cc1ccc(N(c2ccc(C#N)c(F)c2)c2ccc3ccc4c(N5CCc6ccccc65)ccc5c4c3c2CC5)cc1F. The second kappa shape index (κ2) is 11.7. The smallest absolute Gasteiger partial charge is 0.143 e. The van der Waals surface area contributed by atoms with Crippen molar-refractivity contribution in [1.29, 1.82) is 10.5 Å². The fourth-order valence-corrected chi connectivity index (χ4v) is 7.03. The van der Waals surface area contributed by atoms with Gasteiger partial charge in [0, 0.05) is 40.4 Å². The van der Waals surface area contributed by atoms with E-state index < -0.39 is 11.6 Å². The molecule has 6 aromatic rings. The van der Waals surface area contributed by atoms with Gasteiger partial charge in [-0.25, -0.2) is 8.78 Å². The molecule has 0 N–H and O–H groups in total. The lowest BCUT2D eigenvalue weighted by Crippen LogP contribution is -2.16. The first kappa shape index (κ1) is 29.0. The molecule has 0 saturated carbocycles. The quantitative estimate of drug-likeness (QED) is 0.188. The van der Waals surface area contributed by atoms with Crippen molar-refractivity contribution in [2.24, 2.45) is 0 Å². The number of para-hydroxylation sites is 1. The molecule has 0 bridgehead atoms. The number of hydrogen-bond acceptors (Lipinski definition) is 4. The number of hydrogen-bond donors (Lipinski definition) is 0. The van der Waals surface area contributed by atoms with Gasteiger partial charge in [0.15, 0.2) is 0 Å². The summed E-state index contributed by atoms with van der Waals surface area (Å²) in [5, 5.41) is 23.3. The van der Waals surface area contributed by atoms with Gasteiger partial charge in [0.1, 0.15) is 23.8 Å². The van der Waals surface area contributed by atoms with Crippen molar-refractivity contribution in [3.63, 3.8) is 0 Å². The standard InChI is InChI=1S/C38H24F2N4.C2H6/c39-32-19-28(11-5-26(32)21-41)44(29-12-6-27(22-42)33(40)20-29)36-16-10-25-7-13-30-35(43-18-17-23-3-1-2-4-34(23)43)15-9-24-8-14-31(36)38(25)37(24)30;1-2/h1-7,9-13,15-16,19-20H,8,14,17-18H2;1-2H3.